The number of hydrogen-bond acceptors (Lipinski definition) is 5. The van der Waals surface area contributed by atoms with Crippen molar-refractivity contribution in [2.75, 3.05) is 6.61 Å². The van der Waals surface area contributed by atoms with Gasteiger partial charge in [-0.3, -0.25) is 8.42 Å². The van der Waals surface area contributed by atoms with Gasteiger partial charge >= 0.3 is 37.7 Å². The second-order valence-corrected chi connectivity index (χ2v) is 1.54. The van der Waals surface area contributed by atoms with Gasteiger partial charge in [0, 0.05) is 17.0 Å². The Labute approximate surface area is 89.6 Å². The van der Waals surface area contributed by atoms with Crippen LogP contribution >= 0.6 is 0 Å². The van der Waals surface area contributed by atoms with E-state index in [2.05, 4.69) is 0 Å². The summed E-state index contributed by atoms with van der Waals surface area (Å²) in [6.07, 6.45) is 0. The average Bonchev–Trinajstić information content (AvgIpc) is 1.27. The van der Waals surface area contributed by atoms with Crippen LogP contribution in [0.1, 0.15) is 6.92 Å². The third kappa shape index (κ3) is 914. The van der Waals surface area contributed by atoms with Crippen molar-refractivity contribution in [1.29, 1.82) is 0 Å². The quantitative estimate of drug-likeness (QED) is 0.221. The predicted octanol–water partition coefficient (Wildman–Crippen LogP) is -8.16. The van der Waals surface area contributed by atoms with Crippen LogP contribution in [-0.2, 0) is 10.4 Å². The molecular weight excluding hydrogens is 166 g/mol. The fourth-order valence-electron chi connectivity index (χ4n) is 0. The van der Waals surface area contributed by atoms with Crippen molar-refractivity contribution < 1.29 is 65.8 Å². The topological polar surface area (TPSA) is 132 Å². The predicted molar refractivity (Wildman–Crippen MR) is 26.8 cm³/mol. The van der Waals surface area contributed by atoms with Crippen molar-refractivity contribution in [2.24, 2.45) is 0 Å². The molecule has 0 heterocycles. The molecule has 0 aromatic rings. The van der Waals surface area contributed by atoms with Gasteiger partial charge in [-0.25, -0.2) is 0 Å². The third-order valence-corrected chi connectivity index (χ3v) is 0. The van der Waals surface area contributed by atoms with Crippen molar-refractivity contribution >= 4 is 10.4 Å². The van der Waals surface area contributed by atoms with Crippen LogP contribution in [0.2, 0.25) is 0 Å². The van der Waals surface area contributed by atoms with Crippen LogP contribution in [0.3, 0.4) is 0 Å². The third-order valence-electron chi connectivity index (χ3n) is 0. The van der Waals surface area contributed by atoms with E-state index in [-0.39, 0.29) is 49.8 Å². The number of aliphatic hydroxyl groups excluding tert-OH is 1. The summed E-state index contributed by atoms with van der Waals surface area (Å²) < 4.78 is 34.1. The van der Waals surface area contributed by atoms with Gasteiger partial charge in [-0.05, 0) is 6.92 Å². The van der Waals surface area contributed by atoms with Crippen molar-refractivity contribution in [2.45, 2.75) is 6.92 Å². The summed E-state index contributed by atoms with van der Waals surface area (Å²) in [5, 5.41) is 7.57. The Morgan fingerprint density at radius 2 is 1.27 bits per heavy atom. The summed E-state index contributed by atoms with van der Waals surface area (Å²) in [6.45, 7) is 1.93. The molecule has 0 rings (SSSR count). The van der Waals surface area contributed by atoms with Gasteiger partial charge in [0.15, 0.2) is 0 Å². The molecule has 0 aromatic carbocycles. The second-order valence-electron chi connectivity index (χ2n) is 0.724. The summed E-state index contributed by atoms with van der Waals surface area (Å²) in [6, 6.07) is 0. The molecule has 0 radical (unpaired) electrons. The summed E-state index contributed by atoms with van der Waals surface area (Å²) in [5.74, 6) is 0. The van der Waals surface area contributed by atoms with Gasteiger partial charge in [-0.2, -0.15) is 0 Å². The molecule has 0 fully saturated rings. The van der Waals surface area contributed by atoms with Gasteiger partial charge in [0.1, 0.15) is 0 Å². The molecule has 11 heavy (non-hydrogen) atoms. The zero-order valence-electron chi connectivity index (χ0n) is 6.70. The summed E-state index contributed by atoms with van der Waals surface area (Å²) in [4.78, 5) is 0. The average molecular weight is 174 g/mol. The molecular formula is C2H8Li2O6S. The van der Waals surface area contributed by atoms with E-state index >= 15 is 0 Å². The molecule has 0 amide bonds. The number of rotatable bonds is 0. The smallest absolute Gasteiger partial charge is 0.759 e. The van der Waals surface area contributed by atoms with E-state index < -0.39 is 10.4 Å². The van der Waals surface area contributed by atoms with Crippen LogP contribution in [0.15, 0.2) is 0 Å². The largest absolute Gasteiger partial charge is 1.00 e. The second kappa shape index (κ2) is 17.2. The molecule has 0 aromatic heterocycles. The fourth-order valence-corrected chi connectivity index (χ4v) is 0. The van der Waals surface area contributed by atoms with E-state index in [9.17, 15) is 0 Å². The summed E-state index contributed by atoms with van der Waals surface area (Å²) in [7, 11) is -5.17. The summed E-state index contributed by atoms with van der Waals surface area (Å²) >= 11 is 0. The zero-order valence-corrected chi connectivity index (χ0v) is 7.51. The molecule has 9 heteroatoms. The Hall–Kier alpha value is 0.985. The molecule has 60 valence electrons. The maximum absolute atomic E-state index is 8.52. The van der Waals surface area contributed by atoms with Crippen molar-refractivity contribution in [3.63, 3.8) is 0 Å². The Morgan fingerprint density at radius 1 is 1.27 bits per heavy atom. The minimum atomic E-state index is -5.17. The molecule has 0 saturated carbocycles. The van der Waals surface area contributed by atoms with Crippen LogP contribution in [-0.4, -0.2) is 34.7 Å². The monoisotopic (exact) mass is 174 g/mol. The number of hydrogen-bond donors (Lipinski definition) is 1. The molecule has 0 atom stereocenters. The fraction of sp³-hybridized carbons (Fsp3) is 1.00. The van der Waals surface area contributed by atoms with Gasteiger partial charge in [0.05, 0.1) is 0 Å². The van der Waals surface area contributed by atoms with Crippen molar-refractivity contribution in [3.8, 4) is 0 Å². The first kappa shape index (κ1) is 29.6. The van der Waals surface area contributed by atoms with Gasteiger partial charge < -0.3 is 19.7 Å². The molecule has 0 saturated heterocycles. The Morgan fingerprint density at radius 3 is 1.27 bits per heavy atom. The number of aliphatic hydroxyl groups is 1. The van der Waals surface area contributed by atoms with E-state index in [0.29, 0.717) is 0 Å². The molecule has 3 N–H and O–H groups in total. The van der Waals surface area contributed by atoms with Crippen LogP contribution in [0, 0.1) is 0 Å². The van der Waals surface area contributed by atoms with Gasteiger partial charge in [-0.15, -0.1) is 0 Å². The Kier molecular flexibility index (Phi) is 46.3. The zero-order chi connectivity index (χ0) is 7.21. The molecule has 0 unspecified atom stereocenters. The van der Waals surface area contributed by atoms with E-state index in [4.69, 9.17) is 22.6 Å². The van der Waals surface area contributed by atoms with Crippen molar-refractivity contribution in [1.82, 2.24) is 0 Å². The summed E-state index contributed by atoms with van der Waals surface area (Å²) in [5.41, 5.74) is 0. The molecule has 0 aliphatic carbocycles. The SMILES string of the molecule is CCO.O.O=S(=O)([O-])[O-].[Li+].[Li+]. The standard InChI is InChI=1S/C2H6O.2Li.H2O4S.H2O/c1-2-3;;;1-5(2,3)4;/h3H,2H2,1H3;;;(H2,1,2,3,4);1H2/q;2*+1;;/p-2. The molecule has 0 spiro atoms. The van der Waals surface area contributed by atoms with Crippen LogP contribution in [0.4, 0.5) is 0 Å². The van der Waals surface area contributed by atoms with E-state index in [1.165, 1.54) is 0 Å². The molecule has 0 bridgehead atoms. The van der Waals surface area contributed by atoms with E-state index in [1.807, 2.05) is 0 Å². The van der Waals surface area contributed by atoms with E-state index in [1.54, 1.807) is 6.92 Å². The van der Waals surface area contributed by atoms with E-state index in [0.717, 1.165) is 0 Å². The van der Waals surface area contributed by atoms with Gasteiger partial charge in [0.25, 0.3) is 0 Å². The normalized spacial score (nSPS) is 6.91. The van der Waals surface area contributed by atoms with Crippen molar-refractivity contribution in [3.05, 3.63) is 0 Å². The minimum absolute atomic E-state index is 0. The molecule has 0 aliphatic heterocycles. The first-order valence-electron chi connectivity index (χ1n) is 1.69. The first-order chi connectivity index (χ1) is 3.41. The Bertz CT molecular complexity index is 113. The van der Waals surface area contributed by atoms with Gasteiger partial charge in [-0.1, -0.05) is 0 Å². The van der Waals surface area contributed by atoms with Crippen LogP contribution in [0.5, 0.6) is 0 Å². The van der Waals surface area contributed by atoms with Gasteiger partial charge in [0.2, 0.25) is 0 Å². The van der Waals surface area contributed by atoms with Crippen LogP contribution < -0.4 is 37.7 Å². The molecule has 6 nitrogen and oxygen atoms in total. The maximum Gasteiger partial charge on any atom is 1.00 e. The maximum atomic E-state index is 8.52. The first-order valence-corrected chi connectivity index (χ1v) is 3.02. The Balaban J connectivity index is -0.0000000183. The minimum Gasteiger partial charge on any atom is -0.759 e. The molecule has 0 aliphatic rings. The van der Waals surface area contributed by atoms with Crippen LogP contribution in [0.25, 0.3) is 0 Å².